The van der Waals surface area contributed by atoms with Crippen LogP contribution in [0.15, 0.2) is 35.7 Å². The van der Waals surface area contributed by atoms with Gasteiger partial charge in [0.1, 0.15) is 5.84 Å². The van der Waals surface area contributed by atoms with Crippen molar-refractivity contribution >= 4 is 11.5 Å². The van der Waals surface area contributed by atoms with Crippen LogP contribution in [-0.4, -0.2) is 10.8 Å². The molecule has 0 spiro atoms. The summed E-state index contributed by atoms with van der Waals surface area (Å²) in [5.74, 6) is 0.800. The van der Waals surface area contributed by atoms with Crippen molar-refractivity contribution in [3.8, 4) is 0 Å². The van der Waals surface area contributed by atoms with E-state index < -0.39 is 0 Å². The minimum Gasteiger partial charge on any atom is -0.264 e. The fraction of sp³-hybridized carbons (Fsp3) is 0.111. The van der Waals surface area contributed by atoms with Crippen LogP contribution in [0, 0.1) is 0 Å². The van der Waals surface area contributed by atoms with E-state index in [2.05, 4.69) is 15.3 Å². The highest BCUT2D eigenvalue weighted by Crippen LogP contribution is 2.16. The monoisotopic (exact) mass is 158 g/mol. The lowest BCUT2D eigenvalue weighted by Gasteiger charge is -1.94. The minimum atomic E-state index is 0.800. The van der Waals surface area contributed by atoms with Crippen LogP contribution in [0.5, 0.6) is 0 Å². The van der Waals surface area contributed by atoms with Gasteiger partial charge in [-0.25, -0.2) is 10.3 Å². The molecule has 3 nitrogen and oxygen atoms in total. The van der Waals surface area contributed by atoms with Gasteiger partial charge >= 0.3 is 0 Å². The number of pyridine rings is 1. The van der Waals surface area contributed by atoms with Crippen LogP contribution in [-0.2, 0) is 0 Å². The zero-order valence-corrected chi connectivity index (χ0v) is 6.73. The van der Waals surface area contributed by atoms with Crippen LogP contribution in [0.4, 0.5) is 0 Å². The van der Waals surface area contributed by atoms with E-state index in [-0.39, 0.29) is 0 Å². The zero-order chi connectivity index (χ0) is 8.39. The summed E-state index contributed by atoms with van der Waals surface area (Å²) in [6, 6.07) is 3.86. The van der Waals surface area contributed by atoms with Gasteiger partial charge in [-0.05, 0) is 19.1 Å². The summed E-state index contributed by atoms with van der Waals surface area (Å²) >= 11 is 0. The van der Waals surface area contributed by atoms with Crippen molar-refractivity contribution in [3.63, 3.8) is 0 Å². The highest BCUT2D eigenvalue weighted by atomic mass is 15.0. The molecule has 1 aliphatic rings. The quantitative estimate of drug-likeness (QED) is 0.609. The maximum Gasteiger partial charge on any atom is 0.126 e. The van der Waals surface area contributed by atoms with Gasteiger partial charge in [0.25, 0.3) is 0 Å². The first-order chi connectivity index (χ1) is 5.86. The van der Waals surface area contributed by atoms with Crippen molar-refractivity contribution in [2.24, 2.45) is 4.99 Å². The molecule has 0 N–H and O–H groups in total. The average molecular weight is 158 g/mol. The van der Waals surface area contributed by atoms with Crippen molar-refractivity contribution in [2.75, 3.05) is 0 Å². The number of aliphatic imine (C=N–C) groups is 1. The van der Waals surface area contributed by atoms with E-state index in [9.17, 15) is 0 Å². The van der Waals surface area contributed by atoms with Gasteiger partial charge in [0.05, 0.1) is 11.9 Å². The second kappa shape index (κ2) is 2.77. The van der Waals surface area contributed by atoms with E-state index in [1.807, 2.05) is 19.1 Å². The zero-order valence-electron chi connectivity index (χ0n) is 6.73. The molecule has 1 aromatic rings. The maximum atomic E-state index is 4.23. The Kier molecular flexibility index (Phi) is 1.63. The molecular weight excluding hydrogens is 150 g/mol. The van der Waals surface area contributed by atoms with Crippen LogP contribution in [0.2, 0.25) is 0 Å². The Hall–Kier alpha value is -1.64. The van der Waals surface area contributed by atoms with Crippen molar-refractivity contribution < 1.29 is 0 Å². The first-order valence-electron chi connectivity index (χ1n) is 3.73. The number of aromatic nitrogens is 1. The van der Waals surface area contributed by atoms with Gasteiger partial charge in [0.2, 0.25) is 0 Å². The molecule has 1 radical (unpaired) electrons. The van der Waals surface area contributed by atoms with Crippen LogP contribution in [0.3, 0.4) is 0 Å². The first-order valence-corrected chi connectivity index (χ1v) is 3.73. The standard InChI is InChI=1S/C9H8N3/c1-7-11-6-9(12-7)8-3-2-4-10-5-8/h2-6H,1H3. The van der Waals surface area contributed by atoms with Crippen LogP contribution in [0.1, 0.15) is 12.5 Å². The summed E-state index contributed by atoms with van der Waals surface area (Å²) < 4.78 is 0. The van der Waals surface area contributed by atoms with Gasteiger partial charge in [0, 0.05) is 18.0 Å². The number of amidine groups is 1. The summed E-state index contributed by atoms with van der Waals surface area (Å²) in [5, 5.41) is 4.05. The normalized spacial score (nSPS) is 15.1. The number of nitrogens with zero attached hydrogens (tertiary/aromatic N) is 3. The highest BCUT2D eigenvalue weighted by molar-refractivity contribution is 5.91. The Morgan fingerprint density at radius 1 is 1.33 bits per heavy atom. The molecule has 0 aromatic carbocycles. The van der Waals surface area contributed by atoms with Crippen LogP contribution < -0.4 is 5.32 Å². The molecule has 2 heterocycles. The van der Waals surface area contributed by atoms with Crippen LogP contribution in [0.25, 0.3) is 5.70 Å². The largest absolute Gasteiger partial charge is 0.264 e. The van der Waals surface area contributed by atoms with Gasteiger partial charge in [-0.2, -0.15) is 0 Å². The molecule has 0 aliphatic carbocycles. The molecule has 59 valence electrons. The topological polar surface area (TPSA) is 39.4 Å². The van der Waals surface area contributed by atoms with E-state index in [0.717, 1.165) is 17.1 Å². The van der Waals surface area contributed by atoms with Gasteiger partial charge in [-0.3, -0.25) is 4.98 Å². The van der Waals surface area contributed by atoms with E-state index in [1.54, 1.807) is 18.6 Å². The average Bonchev–Trinajstić information content (AvgIpc) is 2.54. The summed E-state index contributed by atoms with van der Waals surface area (Å²) in [5.41, 5.74) is 1.90. The lowest BCUT2D eigenvalue weighted by molar-refractivity contribution is 1.28. The highest BCUT2D eigenvalue weighted by Gasteiger charge is 2.06. The molecule has 0 saturated carbocycles. The lowest BCUT2D eigenvalue weighted by Crippen LogP contribution is -1.97. The molecular formula is C9H8N3. The third kappa shape index (κ3) is 1.21. The molecule has 1 aliphatic heterocycles. The first kappa shape index (κ1) is 7.03. The fourth-order valence-electron chi connectivity index (χ4n) is 1.04. The third-order valence-corrected chi connectivity index (χ3v) is 1.61. The van der Waals surface area contributed by atoms with Crippen LogP contribution >= 0.6 is 0 Å². The Labute approximate surface area is 70.9 Å². The smallest absolute Gasteiger partial charge is 0.126 e. The molecule has 0 amide bonds. The van der Waals surface area contributed by atoms with Crippen molar-refractivity contribution in [1.82, 2.24) is 10.3 Å². The van der Waals surface area contributed by atoms with E-state index in [1.165, 1.54) is 0 Å². The van der Waals surface area contributed by atoms with E-state index >= 15 is 0 Å². The van der Waals surface area contributed by atoms with E-state index in [4.69, 9.17) is 0 Å². The molecule has 1 aromatic heterocycles. The predicted molar refractivity (Wildman–Crippen MR) is 47.5 cm³/mol. The summed E-state index contributed by atoms with van der Waals surface area (Å²) in [7, 11) is 0. The Balaban J connectivity index is 2.34. The Morgan fingerprint density at radius 2 is 2.25 bits per heavy atom. The van der Waals surface area contributed by atoms with Gasteiger partial charge < -0.3 is 0 Å². The van der Waals surface area contributed by atoms with Crippen molar-refractivity contribution in [1.29, 1.82) is 0 Å². The summed E-state index contributed by atoms with van der Waals surface area (Å²) in [4.78, 5) is 8.23. The predicted octanol–water partition coefficient (Wildman–Crippen LogP) is 1.42. The Morgan fingerprint density at radius 3 is 2.83 bits per heavy atom. The third-order valence-electron chi connectivity index (χ3n) is 1.61. The van der Waals surface area contributed by atoms with E-state index in [0.29, 0.717) is 0 Å². The second-order valence-electron chi connectivity index (χ2n) is 2.54. The van der Waals surface area contributed by atoms with Crippen molar-refractivity contribution in [3.05, 3.63) is 36.3 Å². The molecule has 12 heavy (non-hydrogen) atoms. The lowest BCUT2D eigenvalue weighted by atomic mass is 10.2. The fourth-order valence-corrected chi connectivity index (χ4v) is 1.04. The number of rotatable bonds is 1. The molecule has 0 unspecified atom stereocenters. The molecule has 3 heteroatoms. The molecule has 0 fully saturated rings. The SMILES string of the molecule is CC1=NC(c2cccnc2)=C[N]1. The van der Waals surface area contributed by atoms with Gasteiger partial charge in [0.15, 0.2) is 0 Å². The summed E-state index contributed by atoms with van der Waals surface area (Å²) in [6.45, 7) is 1.87. The second-order valence-corrected chi connectivity index (χ2v) is 2.54. The Bertz CT molecular complexity index is 338. The van der Waals surface area contributed by atoms with Gasteiger partial charge in [-0.15, -0.1) is 0 Å². The van der Waals surface area contributed by atoms with Gasteiger partial charge in [-0.1, -0.05) is 0 Å². The summed E-state index contributed by atoms with van der Waals surface area (Å²) in [6.07, 6.45) is 5.28. The molecule has 0 atom stereocenters. The number of hydrogen-bond donors (Lipinski definition) is 0. The molecule has 0 saturated heterocycles. The molecule has 2 rings (SSSR count). The number of hydrogen-bond acceptors (Lipinski definition) is 2. The minimum absolute atomic E-state index is 0.800. The maximum absolute atomic E-state index is 4.23. The molecule has 0 bridgehead atoms. The van der Waals surface area contributed by atoms with Crippen molar-refractivity contribution in [2.45, 2.75) is 6.92 Å².